The number of methoxy groups -OCH3 is 1. The van der Waals surface area contributed by atoms with Gasteiger partial charge in [-0.1, -0.05) is 6.07 Å². The lowest BCUT2D eigenvalue weighted by Crippen LogP contribution is -2.13. The molecule has 5 heteroatoms. The van der Waals surface area contributed by atoms with Gasteiger partial charge in [0.1, 0.15) is 0 Å². The van der Waals surface area contributed by atoms with E-state index in [9.17, 15) is 4.39 Å². The molecule has 2 rings (SSSR count). The minimum atomic E-state index is -0.339. The third-order valence-corrected chi connectivity index (χ3v) is 2.42. The Balaban J connectivity index is 1.89. The van der Waals surface area contributed by atoms with Gasteiger partial charge in [-0.05, 0) is 17.7 Å². The number of imidazole rings is 1. The lowest BCUT2D eigenvalue weighted by molar-refractivity contribution is 0.386. The highest BCUT2D eigenvalue weighted by molar-refractivity contribution is 5.29. The van der Waals surface area contributed by atoms with E-state index in [4.69, 9.17) is 4.74 Å². The van der Waals surface area contributed by atoms with Crippen LogP contribution in [-0.2, 0) is 13.1 Å². The van der Waals surface area contributed by atoms with Crippen LogP contribution in [0.15, 0.2) is 30.7 Å². The molecule has 0 spiro atoms. The topological polar surface area (TPSA) is 49.9 Å². The third-order valence-electron chi connectivity index (χ3n) is 2.42. The molecule has 0 bridgehead atoms. The van der Waals surface area contributed by atoms with Crippen molar-refractivity contribution < 1.29 is 9.13 Å². The zero-order chi connectivity index (χ0) is 12.1. The molecule has 2 aromatic rings. The molecule has 4 nitrogen and oxygen atoms in total. The van der Waals surface area contributed by atoms with Crippen LogP contribution in [0, 0.1) is 5.82 Å². The van der Waals surface area contributed by atoms with Gasteiger partial charge in [-0.15, -0.1) is 0 Å². The van der Waals surface area contributed by atoms with Crippen LogP contribution in [0.2, 0.25) is 0 Å². The second kappa shape index (κ2) is 5.45. The summed E-state index contributed by atoms with van der Waals surface area (Å²) in [5.74, 6) is -0.0735. The van der Waals surface area contributed by atoms with E-state index in [1.54, 1.807) is 18.6 Å². The largest absolute Gasteiger partial charge is 0.494 e. The highest BCUT2D eigenvalue weighted by Crippen LogP contribution is 2.17. The number of halogens is 1. The molecule has 0 atom stereocenters. The monoisotopic (exact) mass is 235 g/mol. The third kappa shape index (κ3) is 3.04. The predicted molar refractivity (Wildman–Crippen MR) is 62.1 cm³/mol. The fourth-order valence-corrected chi connectivity index (χ4v) is 1.54. The van der Waals surface area contributed by atoms with Crippen molar-refractivity contribution in [3.8, 4) is 5.75 Å². The van der Waals surface area contributed by atoms with Gasteiger partial charge in [-0.25, -0.2) is 9.37 Å². The van der Waals surface area contributed by atoms with E-state index in [0.717, 1.165) is 11.3 Å². The number of hydrogen-bond donors (Lipinski definition) is 2. The molecular formula is C12H14FN3O. The summed E-state index contributed by atoms with van der Waals surface area (Å²) >= 11 is 0. The lowest BCUT2D eigenvalue weighted by atomic mass is 10.2. The summed E-state index contributed by atoms with van der Waals surface area (Å²) in [4.78, 5) is 6.90. The molecule has 0 amide bonds. The van der Waals surface area contributed by atoms with E-state index in [1.807, 2.05) is 6.07 Å². The number of nitrogens with zero attached hydrogens (tertiary/aromatic N) is 1. The molecule has 0 unspecified atom stereocenters. The highest BCUT2D eigenvalue weighted by atomic mass is 19.1. The van der Waals surface area contributed by atoms with Gasteiger partial charge in [0.25, 0.3) is 0 Å². The van der Waals surface area contributed by atoms with Crippen LogP contribution in [0.25, 0.3) is 0 Å². The Morgan fingerprint density at radius 2 is 2.29 bits per heavy atom. The summed E-state index contributed by atoms with van der Waals surface area (Å²) in [6.45, 7) is 1.27. The highest BCUT2D eigenvalue weighted by Gasteiger charge is 2.03. The van der Waals surface area contributed by atoms with Gasteiger partial charge in [0.2, 0.25) is 0 Å². The molecule has 17 heavy (non-hydrogen) atoms. The number of nitrogens with one attached hydrogen (secondary N) is 2. The molecule has 1 heterocycles. The van der Waals surface area contributed by atoms with Gasteiger partial charge in [0.05, 0.1) is 13.4 Å². The molecule has 1 aromatic carbocycles. The van der Waals surface area contributed by atoms with Gasteiger partial charge in [-0.2, -0.15) is 0 Å². The van der Waals surface area contributed by atoms with E-state index < -0.39 is 0 Å². The zero-order valence-corrected chi connectivity index (χ0v) is 9.53. The van der Waals surface area contributed by atoms with Crippen LogP contribution in [0.5, 0.6) is 5.75 Å². The molecule has 0 saturated carbocycles. The van der Waals surface area contributed by atoms with Crippen LogP contribution in [0.3, 0.4) is 0 Å². The van der Waals surface area contributed by atoms with Crippen molar-refractivity contribution in [3.05, 3.63) is 47.8 Å². The Hall–Kier alpha value is -1.88. The summed E-state index contributed by atoms with van der Waals surface area (Å²) in [6.07, 6.45) is 3.38. The predicted octanol–water partition coefficient (Wildman–Crippen LogP) is 1.85. The standard InChI is InChI=1S/C12H14FN3O/c1-17-12-3-2-9(4-11(12)13)5-14-6-10-7-15-8-16-10/h2-4,7-8,14H,5-6H2,1H3,(H,15,16). The second-order valence-corrected chi connectivity index (χ2v) is 3.65. The van der Waals surface area contributed by atoms with Crippen molar-refractivity contribution in [3.63, 3.8) is 0 Å². The molecule has 0 saturated heterocycles. The maximum atomic E-state index is 13.4. The Bertz CT molecular complexity index is 471. The summed E-state index contributed by atoms with van der Waals surface area (Å²) < 4.78 is 18.2. The summed E-state index contributed by atoms with van der Waals surface area (Å²) in [5.41, 5.74) is 1.88. The molecule has 0 fully saturated rings. The first-order valence-electron chi connectivity index (χ1n) is 5.30. The van der Waals surface area contributed by atoms with Gasteiger partial charge < -0.3 is 15.0 Å². The molecule has 0 aliphatic carbocycles. The SMILES string of the molecule is COc1ccc(CNCc2cnc[nH]2)cc1F. The molecule has 2 N–H and O–H groups in total. The molecule has 1 aromatic heterocycles. The minimum absolute atomic E-state index is 0.266. The normalized spacial score (nSPS) is 10.5. The number of benzene rings is 1. The van der Waals surface area contributed by atoms with E-state index in [0.29, 0.717) is 13.1 Å². The summed E-state index contributed by atoms with van der Waals surface area (Å²) in [6, 6.07) is 4.93. The first-order valence-corrected chi connectivity index (χ1v) is 5.30. The minimum Gasteiger partial charge on any atom is -0.494 e. The van der Waals surface area contributed by atoms with Crippen LogP contribution in [-0.4, -0.2) is 17.1 Å². The molecule has 0 radical (unpaired) electrons. The van der Waals surface area contributed by atoms with Gasteiger partial charge >= 0.3 is 0 Å². The van der Waals surface area contributed by atoms with Crippen molar-refractivity contribution in [2.75, 3.05) is 7.11 Å². The quantitative estimate of drug-likeness (QED) is 0.831. The van der Waals surface area contributed by atoms with E-state index >= 15 is 0 Å². The number of H-pyrrole nitrogens is 1. The van der Waals surface area contributed by atoms with E-state index in [-0.39, 0.29) is 11.6 Å². The Kier molecular flexibility index (Phi) is 3.72. The van der Waals surface area contributed by atoms with Crippen molar-refractivity contribution in [1.82, 2.24) is 15.3 Å². The average molecular weight is 235 g/mol. The first-order chi connectivity index (χ1) is 8.29. The average Bonchev–Trinajstić information content (AvgIpc) is 2.82. The Morgan fingerprint density at radius 3 is 2.94 bits per heavy atom. The summed E-state index contributed by atoms with van der Waals surface area (Å²) in [7, 11) is 1.45. The molecule has 0 aliphatic heterocycles. The Morgan fingerprint density at radius 1 is 1.41 bits per heavy atom. The number of rotatable bonds is 5. The van der Waals surface area contributed by atoms with Crippen LogP contribution < -0.4 is 10.1 Å². The fourth-order valence-electron chi connectivity index (χ4n) is 1.54. The van der Waals surface area contributed by atoms with Crippen LogP contribution >= 0.6 is 0 Å². The van der Waals surface area contributed by atoms with Gasteiger partial charge in [-0.3, -0.25) is 0 Å². The van der Waals surface area contributed by atoms with Crippen molar-refractivity contribution in [2.24, 2.45) is 0 Å². The van der Waals surface area contributed by atoms with Crippen molar-refractivity contribution in [2.45, 2.75) is 13.1 Å². The second-order valence-electron chi connectivity index (χ2n) is 3.65. The van der Waals surface area contributed by atoms with Crippen molar-refractivity contribution >= 4 is 0 Å². The molecule has 90 valence electrons. The number of ether oxygens (including phenoxy) is 1. The zero-order valence-electron chi connectivity index (χ0n) is 9.53. The van der Waals surface area contributed by atoms with Gasteiger partial charge in [0, 0.05) is 25.0 Å². The number of aromatic nitrogens is 2. The summed E-state index contributed by atoms with van der Waals surface area (Å²) in [5, 5.41) is 3.19. The van der Waals surface area contributed by atoms with E-state index in [2.05, 4.69) is 15.3 Å². The smallest absolute Gasteiger partial charge is 0.165 e. The molecule has 0 aliphatic rings. The first kappa shape index (κ1) is 11.6. The maximum absolute atomic E-state index is 13.4. The van der Waals surface area contributed by atoms with E-state index in [1.165, 1.54) is 13.2 Å². The lowest BCUT2D eigenvalue weighted by Gasteiger charge is -2.06. The Labute approximate surface area is 98.8 Å². The van der Waals surface area contributed by atoms with Gasteiger partial charge in [0.15, 0.2) is 11.6 Å². The fraction of sp³-hybridized carbons (Fsp3) is 0.250. The van der Waals surface area contributed by atoms with Crippen LogP contribution in [0.1, 0.15) is 11.3 Å². The molecular weight excluding hydrogens is 221 g/mol. The van der Waals surface area contributed by atoms with Crippen LogP contribution in [0.4, 0.5) is 4.39 Å². The van der Waals surface area contributed by atoms with Crippen molar-refractivity contribution in [1.29, 1.82) is 0 Å². The maximum Gasteiger partial charge on any atom is 0.165 e. The number of hydrogen-bond acceptors (Lipinski definition) is 3. The number of aromatic amines is 1.